The minimum Gasteiger partial charge on any atom is -0.328 e. The lowest BCUT2D eigenvalue weighted by Crippen LogP contribution is -2.19. The van der Waals surface area contributed by atoms with Gasteiger partial charge in [0.05, 0.1) is 0 Å². The Morgan fingerprint density at radius 2 is 1.00 bits per heavy atom. The van der Waals surface area contributed by atoms with Gasteiger partial charge in [-0.1, -0.05) is 48.5 Å². The van der Waals surface area contributed by atoms with Crippen LogP contribution >= 0.6 is 0 Å². The van der Waals surface area contributed by atoms with Crippen LogP contribution in [0.4, 0.5) is 0 Å². The quantitative estimate of drug-likeness (QED) is 0.766. The van der Waals surface area contributed by atoms with Crippen LogP contribution in [0.5, 0.6) is 0 Å². The van der Waals surface area contributed by atoms with Crippen LogP contribution in [-0.2, 0) is 0 Å². The Bertz CT molecular complexity index is 638. The summed E-state index contributed by atoms with van der Waals surface area (Å²) in [4.78, 5) is 24.0. The maximum Gasteiger partial charge on any atom is 0.164 e. The molecule has 0 amide bonds. The van der Waals surface area contributed by atoms with Crippen molar-refractivity contribution in [1.82, 2.24) is 0 Å². The topological polar surface area (TPSA) is 86.2 Å². The number of carbonyl (C=O) groups is 2. The van der Waals surface area contributed by atoms with Gasteiger partial charge in [0.15, 0.2) is 11.6 Å². The number of Topliss-reactive ketones (excluding diaryl/α,β-unsaturated/α-hetero) is 2. The Morgan fingerprint density at radius 1 is 0.708 bits per heavy atom. The van der Waals surface area contributed by atoms with Gasteiger partial charge >= 0.3 is 0 Å². The van der Waals surface area contributed by atoms with E-state index in [1.807, 2.05) is 62.4 Å². The highest BCUT2D eigenvalue weighted by molar-refractivity contribution is 5.97. The van der Waals surface area contributed by atoms with Gasteiger partial charge in [-0.2, -0.15) is 0 Å². The normalized spacial score (nSPS) is 13.3. The predicted octanol–water partition coefficient (Wildman–Crippen LogP) is 3.19. The summed E-state index contributed by atoms with van der Waals surface area (Å²) < 4.78 is 0. The van der Waals surface area contributed by atoms with Gasteiger partial charge in [-0.3, -0.25) is 9.59 Å². The molecule has 0 fully saturated rings. The third kappa shape index (κ3) is 4.85. The zero-order valence-electron chi connectivity index (χ0n) is 14.2. The fraction of sp³-hybridized carbons (Fsp3) is 0.300. The maximum atomic E-state index is 12.0. The molecule has 0 aliphatic carbocycles. The molecular formula is C20H24N2O2. The van der Waals surface area contributed by atoms with E-state index in [-0.39, 0.29) is 23.7 Å². The first-order chi connectivity index (χ1) is 11.4. The molecule has 4 N–H and O–H groups in total. The second-order valence-corrected chi connectivity index (χ2v) is 6.36. The van der Waals surface area contributed by atoms with Crippen LogP contribution in [0.2, 0.25) is 0 Å². The van der Waals surface area contributed by atoms with Gasteiger partial charge in [-0.25, -0.2) is 0 Å². The second kappa shape index (κ2) is 7.99. The van der Waals surface area contributed by atoms with Crippen molar-refractivity contribution in [3.63, 3.8) is 0 Å². The lowest BCUT2D eigenvalue weighted by molar-refractivity contribution is 0.0968. The molecule has 0 aliphatic rings. The molecule has 0 saturated heterocycles. The lowest BCUT2D eigenvalue weighted by atomic mass is 9.98. The van der Waals surface area contributed by atoms with E-state index < -0.39 is 0 Å². The van der Waals surface area contributed by atoms with Crippen LogP contribution in [0.3, 0.4) is 0 Å². The molecule has 2 aromatic rings. The fourth-order valence-electron chi connectivity index (χ4n) is 2.52. The van der Waals surface area contributed by atoms with Crippen molar-refractivity contribution in [3.8, 4) is 11.1 Å². The molecule has 126 valence electrons. The Morgan fingerprint density at radius 3 is 1.25 bits per heavy atom. The molecule has 0 heterocycles. The Hall–Kier alpha value is -2.30. The summed E-state index contributed by atoms with van der Waals surface area (Å²) in [6.07, 6.45) is 0.686. The summed E-state index contributed by atoms with van der Waals surface area (Å²) in [5.74, 6) is 0.0989. The van der Waals surface area contributed by atoms with Crippen molar-refractivity contribution in [2.24, 2.45) is 11.5 Å². The van der Waals surface area contributed by atoms with Crippen molar-refractivity contribution >= 4 is 11.6 Å². The molecule has 2 aromatic carbocycles. The molecule has 0 aromatic heterocycles. The number of hydrogen-bond acceptors (Lipinski definition) is 4. The number of nitrogens with two attached hydrogens (primary N) is 2. The fourth-order valence-corrected chi connectivity index (χ4v) is 2.52. The van der Waals surface area contributed by atoms with Crippen molar-refractivity contribution in [2.75, 3.05) is 0 Å². The second-order valence-electron chi connectivity index (χ2n) is 6.36. The first-order valence-electron chi connectivity index (χ1n) is 8.15. The first kappa shape index (κ1) is 18.0. The molecule has 2 rings (SSSR count). The van der Waals surface area contributed by atoms with Gasteiger partial charge in [0.1, 0.15) is 0 Å². The van der Waals surface area contributed by atoms with E-state index in [2.05, 4.69) is 0 Å². The van der Waals surface area contributed by atoms with Gasteiger partial charge in [0, 0.05) is 36.1 Å². The van der Waals surface area contributed by atoms with Gasteiger partial charge in [0.25, 0.3) is 0 Å². The third-order valence-corrected chi connectivity index (χ3v) is 3.76. The van der Waals surface area contributed by atoms with Gasteiger partial charge < -0.3 is 11.5 Å². The van der Waals surface area contributed by atoms with Gasteiger partial charge in [0.2, 0.25) is 0 Å². The molecule has 0 saturated carbocycles. The van der Waals surface area contributed by atoms with Crippen molar-refractivity contribution in [2.45, 2.75) is 38.8 Å². The Balaban J connectivity index is 2.12. The van der Waals surface area contributed by atoms with E-state index >= 15 is 0 Å². The van der Waals surface area contributed by atoms with Crippen LogP contribution in [0, 0.1) is 0 Å². The minimum atomic E-state index is -0.140. The summed E-state index contributed by atoms with van der Waals surface area (Å²) in [5, 5.41) is 0. The average molecular weight is 324 g/mol. The standard InChI is InChI=1S/C20H24N2O2/c1-13(21)11-19(23)17-7-3-15(4-8-17)16-5-9-18(10-6-16)20(24)12-14(2)22/h3-10,13-14H,11-12,21-22H2,1-2H3. The van der Waals surface area contributed by atoms with Crippen LogP contribution in [0.15, 0.2) is 48.5 Å². The molecule has 2 atom stereocenters. The first-order valence-corrected chi connectivity index (χ1v) is 8.15. The predicted molar refractivity (Wildman–Crippen MR) is 97.1 cm³/mol. The summed E-state index contributed by atoms with van der Waals surface area (Å²) in [5.41, 5.74) is 14.7. The van der Waals surface area contributed by atoms with E-state index in [4.69, 9.17) is 11.5 Å². The maximum absolute atomic E-state index is 12.0. The van der Waals surface area contributed by atoms with Crippen LogP contribution in [-0.4, -0.2) is 23.7 Å². The van der Waals surface area contributed by atoms with E-state index in [0.29, 0.717) is 24.0 Å². The Kier molecular flexibility index (Phi) is 6.01. The zero-order chi connectivity index (χ0) is 17.7. The number of ketones is 2. The lowest BCUT2D eigenvalue weighted by Gasteiger charge is -2.08. The molecular weight excluding hydrogens is 300 g/mol. The monoisotopic (exact) mass is 324 g/mol. The molecule has 24 heavy (non-hydrogen) atoms. The van der Waals surface area contributed by atoms with Gasteiger partial charge in [-0.15, -0.1) is 0 Å². The highest BCUT2D eigenvalue weighted by Crippen LogP contribution is 2.21. The van der Waals surface area contributed by atoms with Crippen molar-refractivity contribution < 1.29 is 9.59 Å². The highest BCUT2D eigenvalue weighted by atomic mass is 16.1. The SMILES string of the molecule is CC(N)CC(=O)c1ccc(-c2ccc(C(=O)CC(C)N)cc2)cc1. The van der Waals surface area contributed by atoms with E-state index in [0.717, 1.165) is 11.1 Å². The smallest absolute Gasteiger partial charge is 0.164 e. The van der Waals surface area contributed by atoms with Gasteiger partial charge in [-0.05, 0) is 25.0 Å². The van der Waals surface area contributed by atoms with Crippen LogP contribution in [0.25, 0.3) is 11.1 Å². The Labute approximate surface area is 142 Å². The van der Waals surface area contributed by atoms with E-state index in [1.165, 1.54) is 0 Å². The molecule has 4 heteroatoms. The van der Waals surface area contributed by atoms with Crippen molar-refractivity contribution in [1.29, 1.82) is 0 Å². The summed E-state index contributed by atoms with van der Waals surface area (Å²) in [6.45, 7) is 3.64. The molecule has 0 radical (unpaired) electrons. The third-order valence-electron chi connectivity index (χ3n) is 3.76. The molecule has 0 bridgehead atoms. The zero-order valence-corrected chi connectivity index (χ0v) is 14.2. The molecule has 0 aliphatic heterocycles. The highest BCUT2D eigenvalue weighted by Gasteiger charge is 2.10. The van der Waals surface area contributed by atoms with E-state index in [1.54, 1.807) is 0 Å². The van der Waals surface area contributed by atoms with E-state index in [9.17, 15) is 9.59 Å². The summed E-state index contributed by atoms with van der Waals surface area (Å²) >= 11 is 0. The summed E-state index contributed by atoms with van der Waals surface area (Å²) in [6, 6.07) is 14.6. The molecule has 4 nitrogen and oxygen atoms in total. The largest absolute Gasteiger partial charge is 0.328 e. The minimum absolute atomic E-state index is 0.0494. The molecule has 0 spiro atoms. The summed E-state index contributed by atoms with van der Waals surface area (Å²) in [7, 11) is 0. The number of benzene rings is 2. The van der Waals surface area contributed by atoms with Crippen LogP contribution < -0.4 is 11.5 Å². The number of rotatable bonds is 7. The number of carbonyl (C=O) groups excluding carboxylic acids is 2. The molecule has 2 unspecified atom stereocenters. The van der Waals surface area contributed by atoms with Crippen molar-refractivity contribution in [3.05, 3.63) is 59.7 Å². The van der Waals surface area contributed by atoms with Crippen LogP contribution in [0.1, 0.15) is 47.4 Å². The average Bonchev–Trinajstić information content (AvgIpc) is 2.54. The number of hydrogen-bond donors (Lipinski definition) is 2.